The smallest absolute Gasteiger partial charge is 0.340 e. The number of carbonyl (C=O) groups excluding carboxylic acids is 1. The van der Waals surface area contributed by atoms with Crippen molar-refractivity contribution in [3.8, 4) is 0 Å². The molecule has 10 heteroatoms. The third-order valence-corrected chi connectivity index (χ3v) is 7.88. The molecule has 2 aliphatic heterocycles. The second-order valence-electron chi connectivity index (χ2n) is 10.9. The Labute approximate surface area is 211 Å². The highest BCUT2D eigenvalue weighted by Gasteiger charge is 2.49. The summed E-state index contributed by atoms with van der Waals surface area (Å²) in [6.07, 6.45) is -0.332. The normalized spacial score (nSPS) is 31.5. The summed E-state index contributed by atoms with van der Waals surface area (Å²) < 4.78 is 42.7. The molecule has 0 radical (unpaired) electrons. The van der Waals surface area contributed by atoms with Gasteiger partial charge in [-0.1, -0.05) is 13.8 Å². The zero-order valence-electron chi connectivity index (χ0n) is 22.9. The van der Waals surface area contributed by atoms with Crippen LogP contribution in [0.5, 0.6) is 0 Å². The standard InChI is InChI=1S/C25H44NO8P/c1-14(13-27)12-25(7,30-10)21(16(3)19-17(4)22(28)34-24(5,6)33-19)32-23-20(35-29)18(26(8)9)11-15(2)31-23/h14-16,18,20-21,23,27H,11-13H2,1-10H3/t14-,15?,16+,18?,20?,21-,23+,25-/m1/s1. The molecule has 0 aliphatic carbocycles. The van der Waals surface area contributed by atoms with E-state index in [9.17, 15) is 14.5 Å². The minimum absolute atomic E-state index is 0.00941. The summed E-state index contributed by atoms with van der Waals surface area (Å²) in [7, 11) is 5.44. The Hall–Kier alpha value is -1.09. The Morgan fingerprint density at radius 3 is 2.43 bits per heavy atom. The highest BCUT2D eigenvalue weighted by molar-refractivity contribution is 7.24. The van der Waals surface area contributed by atoms with E-state index in [2.05, 4.69) is 0 Å². The van der Waals surface area contributed by atoms with Crippen molar-refractivity contribution < 1.29 is 38.2 Å². The van der Waals surface area contributed by atoms with Gasteiger partial charge < -0.3 is 33.7 Å². The van der Waals surface area contributed by atoms with E-state index in [4.69, 9.17) is 23.7 Å². The third-order valence-electron chi connectivity index (χ3n) is 7.05. The van der Waals surface area contributed by atoms with Gasteiger partial charge in [-0.05, 0) is 53.6 Å². The first-order chi connectivity index (χ1) is 16.2. The number of rotatable bonds is 11. The summed E-state index contributed by atoms with van der Waals surface area (Å²) in [6, 6.07) is -0.00941. The van der Waals surface area contributed by atoms with E-state index in [0.717, 1.165) is 6.42 Å². The van der Waals surface area contributed by atoms with Crippen molar-refractivity contribution in [2.75, 3.05) is 27.8 Å². The lowest BCUT2D eigenvalue weighted by Crippen LogP contribution is -2.57. The summed E-state index contributed by atoms with van der Waals surface area (Å²) in [5.41, 5.74) is -0.941. The van der Waals surface area contributed by atoms with E-state index < -0.39 is 41.3 Å². The maximum atomic E-state index is 12.6. The second-order valence-corrected chi connectivity index (χ2v) is 11.7. The van der Waals surface area contributed by atoms with Crippen LogP contribution in [0.2, 0.25) is 0 Å². The Kier molecular flexibility index (Phi) is 10.3. The van der Waals surface area contributed by atoms with Crippen LogP contribution in [0.15, 0.2) is 11.3 Å². The van der Waals surface area contributed by atoms with Crippen molar-refractivity contribution in [1.82, 2.24) is 4.90 Å². The average Bonchev–Trinajstić information content (AvgIpc) is 2.78. The van der Waals surface area contributed by atoms with Crippen LogP contribution in [0.25, 0.3) is 0 Å². The van der Waals surface area contributed by atoms with Crippen LogP contribution < -0.4 is 0 Å². The number of nitrogens with zero attached hydrogens (tertiary/aromatic N) is 1. The largest absolute Gasteiger partial charge is 0.456 e. The average molecular weight is 518 g/mol. The molecule has 1 N–H and O–H groups in total. The molecule has 3 unspecified atom stereocenters. The predicted molar refractivity (Wildman–Crippen MR) is 132 cm³/mol. The summed E-state index contributed by atoms with van der Waals surface area (Å²) in [6.45, 7) is 12.8. The first-order valence-electron chi connectivity index (χ1n) is 12.3. The Morgan fingerprint density at radius 2 is 1.91 bits per heavy atom. The molecular weight excluding hydrogens is 473 g/mol. The molecular formula is C25H44NO8P. The SMILES string of the molecule is CO[C@](C)(C[C@@H](C)CO)[C@H](O[C@@H]1OC(C)CC(N(C)C)C1P=O)[C@@H](C)C1=C(C)C(=O)OC(C)(C)O1. The third kappa shape index (κ3) is 7.02. The van der Waals surface area contributed by atoms with E-state index >= 15 is 0 Å². The molecule has 0 saturated carbocycles. The van der Waals surface area contributed by atoms with Gasteiger partial charge in [0.1, 0.15) is 11.4 Å². The quantitative estimate of drug-likeness (QED) is 0.324. The van der Waals surface area contributed by atoms with E-state index in [1.165, 1.54) is 0 Å². The first-order valence-corrected chi connectivity index (χ1v) is 13.2. The molecule has 8 atom stereocenters. The minimum atomic E-state index is -1.13. The van der Waals surface area contributed by atoms with Crippen molar-refractivity contribution in [3.63, 3.8) is 0 Å². The van der Waals surface area contributed by atoms with Crippen LogP contribution in [-0.4, -0.2) is 85.4 Å². The minimum Gasteiger partial charge on any atom is -0.456 e. The summed E-state index contributed by atoms with van der Waals surface area (Å²) in [5, 5.41) is 9.78. The maximum absolute atomic E-state index is 12.6. The number of methoxy groups -OCH3 is 1. The van der Waals surface area contributed by atoms with Gasteiger partial charge in [0, 0.05) is 39.5 Å². The molecule has 35 heavy (non-hydrogen) atoms. The summed E-state index contributed by atoms with van der Waals surface area (Å²) in [4.78, 5) is 14.6. The Morgan fingerprint density at radius 1 is 1.29 bits per heavy atom. The molecule has 1 saturated heterocycles. The molecule has 0 spiro atoms. The zero-order chi connectivity index (χ0) is 26.7. The van der Waals surface area contributed by atoms with E-state index in [1.807, 2.05) is 46.7 Å². The van der Waals surface area contributed by atoms with Gasteiger partial charge in [0.05, 0.1) is 23.4 Å². The number of carbonyl (C=O) groups is 1. The molecule has 2 aliphatic rings. The van der Waals surface area contributed by atoms with Crippen molar-refractivity contribution >= 4 is 14.4 Å². The Bertz CT molecular complexity index is 787. The summed E-state index contributed by atoms with van der Waals surface area (Å²) in [5.74, 6) is -1.64. The number of aliphatic hydroxyl groups is 1. The van der Waals surface area contributed by atoms with Crippen LogP contribution in [0, 0.1) is 11.8 Å². The van der Waals surface area contributed by atoms with Gasteiger partial charge in [0.25, 0.3) is 0 Å². The molecule has 202 valence electrons. The number of hydrogen-bond donors (Lipinski definition) is 1. The summed E-state index contributed by atoms with van der Waals surface area (Å²) >= 11 is 0. The number of hydrogen-bond acceptors (Lipinski definition) is 9. The van der Waals surface area contributed by atoms with Gasteiger partial charge in [-0.2, -0.15) is 0 Å². The molecule has 0 amide bonds. The van der Waals surface area contributed by atoms with Gasteiger partial charge in [-0.25, -0.2) is 4.79 Å². The number of cyclic esters (lactones) is 1. The molecule has 0 bridgehead atoms. The van der Waals surface area contributed by atoms with Crippen LogP contribution >= 0.6 is 8.46 Å². The van der Waals surface area contributed by atoms with Gasteiger partial charge in [0.2, 0.25) is 5.79 Å². The number of esters is 1. The molecule has 9 nitrogen and oxygen atoms in total. The predicted octanol–water partition coefficient (Wildman–Crippen LogP) is 3.74. The zero-order valence-corrected chi connectivity index (χ0v) is 23.8. The lowest BCUT2D eigenvalue weighted by molar-refractivity contribution is -0.266. The van der Waals surface area contributed by atoms with Crippen LogP contribution in [0.1, 0.15) is 61.3 Å². The first kappa shape index (κ1) is 30.1. The van der Waals surface area contributed by atoms with Crippen LogP contribution in [0.4, 0.5) is 0 Å². The van der Waals surface area contributed by atoms with Gasteiger partial charge in [-0.15, -0.1) is 0 Å². The number of aliphatic hydroxyl groups excluding tert-OH is 1. The van der Waals surface area contributed by atoms with Crippen LogP contribution in [0.3, 0.4) is 0 Å². The lowest BCUT2D eigenvalue weighted by atomic mass is 9.80. The highest BCUT2D eigenvalue weighted by Crippen LogP contribution is 2.41. The fourth-order valence-electron chi connectivity index (χ4n) is 5.12. The molecule has 2 heterocycles. The second kappa shape index (κ2) is 12.0. The Balaban J connectivity index is 2.54. The monoisotopic (exact) mass is 517 g/mol. The molecule has 0 aromatic rings. The van der Waals surface area contributed by atoms with Crippen LogP contribution in [-0.2, 0) is 33.0 Å². The van der Waals surface area contributed by atoms with Gasteiger partial charge in [0.15, 0.2) is 14.8 Å². The lowest BCUT2D eigenvalue weighted by Gasteiger charge is -2.47. The van der Waals surface area contributed by atoms with Crippen molar-refractivity contribution in [3.05, 3.63) is 11.3 Å². The topological polar surface area (TPSA) is 104 Å². The fraction of sp³-hybridized carbons (Fsp3) is 0.880. The van der Waals surface area contributed by atoms with E-state index in [-0.39, 0.29) is 33.1 Å². The molecule has 2 rings (SSSR count). The van der Waals surface area contributed by atoms with Crippen molar-refractivity contribution in [2.45, 2.75) is 103 Å². The van der Waals surface area contributed by atoms with Crippen molar-refractivity contribution in [1.29, 1.82) is 0 Å². The van der Waals surface area contributed by atoms with Gasteiger partial charge >= 0.3 is 5.97 Å². The molecule has 0 aromatic heterocycles. The fourth-order valence-corrected chi connectivity index (χ4v) is 5.89. The van der Waals surface area contributed by atoms with Gasteiger partial charge in [-0.3, -0.25) is 4.57 Å². The maximum Gasteiger partial charge on any atom is 0.340 e. The highest BCUT2D eigenvalue weighted by atomic mass is 31.1. The van der Waals surface area contributed by atoms with E-state index in [1.54, 1.807) is 27.9 Å². The number of ether oxygens (including phenoxy) is 5. The van der Waals surface area contributed by atoms with Crippen molar-refractivity contribution in [2.24, 2.45) is 11.8 Å². The van der Waals surface area contributed by atoms with E-state index in [0.29, 0.717) is 17.8 Å². The molecule has 1 fully saturated rings. The molecule has 0 aromatic carbocycles.